The van der Waals surface area contributed by atoms with E-state index in [9.17, 15) is 0 Å². The second-order valence-electron chi connectivity index (χ2n) is 4.76. The highest BCUT2D eigenvalue weighted by molar-refractivity contribution is 5.51. The van der Waals surface area contributed by atoms with Crippen LogP contribution in [0.1, 0.15) is 18.7 Å². The molecule has 0 radical (unpaired) electrons. The maximum Gasteiger partial charge on any atom is 0.247 e. The molecule has 1 saturated heterocycles. The molecule has 3 rings (SSSR count). The van der Waals surface area contributed by atoms with Crippen molar-refractivity contribution in [2.75, 3.05) is 13.1 Å². The summed E-state index contributed by atoms with van der Waals surface area (Å²) < 4.78 is 5.73. The van der Waals surface area contributed by atoms with E-state index in [4.69, 9.17) is 4.42 Å². The average Bonchev–Trinajstić information content (AvgIpc) is 2.89. The SMILES string of the molecule is c1ccc(-c2nnc(CC3CCNCC3)o2)cc1. The highest BCUT2D eigenvalue weighted by atomic mass is 16.4. The summed E-state index contributed by atoms with van der Waals surface area (Å²) >= 11 is 0. The Bertz CT molecular complexity index is 489. The van der Waals surface area contributed by atoms with Gasteiger partial charge in [-0.3, -0.25) is 0 Å². The molecule has 0 bridgehead atoms. The van der Waals surface area contributed by atoms with Crippen molar-refractivity contribution in [1.82, 2.24) is 15.5 Å². The Morgan fingerprint density at radius 2 is 1.89 bits per heavy atom. The molecule has 0 atom stereocenters. The van der Waals surface area contributed by atoms with Crippen molar-refractivity contribution in [1.29, 1.82) is 0 Å². The summed E-state index contributed by atoms with van der Waals surface area (Å²) in [5.74, 6) is 2.07. The molecule has 1 N–H and O–H groups in total. The van der Waals surface area contributed by atoms with E-state index in [1.165, 1.54) is 12.8 Å². The number of nitrogens with one attached hydrogen (secondary N) is 1. The van der Waals surface area contributed by atoms with Crippen LogP contribution in [0.5, 0.6) is 0 Å². The molecule has 0 unspecified atom stereocenters. The molecule has 1 aliphatic heterocycles. The third-order valence-electron chi connectivity index (χ3n) is 3.41. The minimum absolute atomic E-state index is 0.625. The minimum Gasteiger partial charge on any atom is -0.421 e. The third kappa shape index (κ3) is 2.59. The van der Waals surface area contributed by atoms with E-state index in [-0.39, 0.29) is 0 Å². The predicted molar refractivity (Wildman–Crippen MR) is 69.0 cm³/mol. The molecule has 4 nitrogen and oxygen atoms in total. The number of benzene rings is 1. The summed E-state index contributed by atoms with van der Waals surface area (Å²) in [6, 6.07) is 9.91. The Morgan fingerprint density at radius 3 is 2.67 bits per heavy atom. The number of hydrogen-bond acceptors (Lipinski definition) is 4. The highest BCUT2D eigenvalue weighted by Gasteiger charge is 2.17. The fourth-order valence-electron chi connectivity index (χ4n) is 2.37. The van der Waals surface area contributed by atoms with Gasteiger partial charge in [-0.25, -0.2) is 0 Å². The molecule has 1 fully saturated rings. The molecule has 94 valence electrons. The van der Waals surface area contributed by atoms with E-state index in [0.29, 0.717) is 11.8 Å². The van der Waals surface area contributed by atoms with Crippen LogP contribution in [-0.4, -0.2) is 23.3 Å². The molecule has 0 amide bonds. The van der Waals surface area contributed by atoms with Gasteiger partial charge in [0.1, 0.15) is 0 Å². The van der Waals surface area contributed by atoms with Crippen LogP contribution < -0.4 is 5.32 Å². The van der Waals surface area contributed by atoms with Crippen LogP contribution in [0, 0.1) is 5.92 Å². The van der Waals surface area contributed by atoms with Gasteiger partial charge in [0.05, 0.1) is 0 Å². The smallest absolute Gasteiger partial charge is 0.247 e. The molecule has 2 aromatic rings. The molecule has 0 aliphatic carbocycles. The summed E-state index contributed by atoms with van der Waals surface area (Å²) in [5.41, 5.74) is 0.988. The predicted octanol–water partition coefficient (Wildman–Crippen LogP) is 2.28. The van der Waals surface area contributed by atoms with Crippen molar-refractivity contribution >= 4 is 0 Å². The Balaban J connectivity index is 1.69. The van der Waals surface area contributed by atoms with Crippen molar-refractivity contribution in [2.24, 2.45) is 5.92 Å². The zero-order valence-corrected chi connectivity index (χ0v) is 10.3. The van der Waals surface area contributed by atoms with Gasteiger partial charge in [-0.2, -0.15) is 0 Å². The van der Waals surface area contributed by atoms with Gasteiger partial charge >= 0.3 is 0 Å². The molecule has 1 aromatic heterocycles. The Morgan fingerprint density at radius 1 is 1.11 bits per heavy atom. The maximum absolute atomic E-state index is 5.73. The monoisotopic (exact) mass is 243 g/mol. The molecule has 4 heteroatoms. The molecular formula is C14H17N3O. The second kappa shape index (κ2) is 5.31. The molecule has 0 spiro atoms. The first-order chi connectivity index (χ1) is 8.92. The van der Waals surface area contributed by atoms with Crippen LogP contribution in [0.2, 0.25) is 0 Å². The number of nitrogens with zero attached hydrogens (tertiary/aromatic N) is 2. The van der Waals surface area contributed by atoms with Crippen LogP contribution in [0.4, 0.5) is 0 Å². The molecule has 18 heavy (non-hydrogen) atoms. The Kier molecular flexibility index (Phi) is 3.37. The van der Waals surface area contributed by atoms with Gasteiger partial charge in [0.15, 0.2) is 0 Å². The lowest BCUT2D eigenvalue weighted by atomic mass is 9.95. The first-order valence-corrected chi connectivity index (χ1v) is 6.50. The summed E-state index contributed by atoms with van der Waals surface area (Å²) in [5, 5.41) is 11.6. The van der Waals surface area contributed by atoms with Gasteiger partial charge in [-0.05, 0) is 44.0 Å². The lowest BCUT2D eigenvalue weighted by molar-refractivity contribution is 0.343. The number of hydrogen-bond donors (Lipinski definition) is 1. The van der Waals surface area contributed by atoms with E-state index >= 15 is 0 Å². The van der Waals surface area contributed by atoms with Crippen LogP contribution in [0.3, 0.4) is 0 Å². The van der Waals surface area contributed by atoms with Crippen molar-refractivity contribution in [3.8, 4) is 11.5 Å². The van der Waals surface area contributed by atoms with E-state index in [2.05, 4.69) is 15.5 Å². The zero-order valence-electron chi connectivity index (χ0n) is 10.3. The number of rotatable bonds is 3. The fraction of sp³-hybridized carbons (Fsp3) is 0.429. The summed E-state index contributed by atoms with van der Waals surface area (Å²) in [6.07, 6.45) is 3.30. The maximum atomic E-state index is 5.73. The van der Waals surface area contributed by atoms with Crippen LogP contribution in [0.25, 0.3) is 11.5 Å². The summed E-state index contributed by atoms with van der Waals surface area (Å²) in [6.45, 7) is 2.20. The van der Waals surface area contributed by atoms with E-state index in [0.717, 1.165) is 31.0 Å². The standard InChI is InChI=1S/C14H17N3O/c1-2-4-12(5-3-1)14-17-16-13(18-14)10-11-6-8-15-9-7-11/h1-5,11,15H,6-10H2. The number of aromatic nitrogens is 2. The lowest BCUT2D eigenvalue weighted by Crippen LogP contribution is -2.28. The van der Waals surface area contributed by atoms with E-state index in [1.807, 2.05) is 30.3 Å². The average molecular weight is 243 g/mol. The van der Waals surface area contributed by atoms with Gasteiger partial charge in [0, 0.05) is 12.0 Å². The largest absolute Gasteiger partial charge is 0.421 e. The Hall–Kier alpha value is -1.68. The quantitative estimate of drug-likeness (QED) is 0.898. The summed E-state index contributed by atoms with van der Waals surface area (Å²) in [7, 11) is 0. The van der Waals surface area contributed by atoms with Gasteiger partial charge in [0.25, 0.3) is 0 Å². The highest BCUT2D eigenvalue weighted by Crippen LogP contribution is 2.21. The lowest BCUT2D eigenvalue weighted by Gasteiger charge is -2.20. The molecule has 0 saturated carbocycles. The second-order valence-corrected chi connectivity index (χ2v) is 4.76. The van der Waals surface area contributed by atoms with Crippen molar-refractivity contribution in [3.05, 3.63) is 36.2 Å². The van der Waals surface area contributed by atoms with Crippen LogP contribution in [0.15, 0.2) is 34.7 Å². The first-order valence-electron chi connectivity index (χ1n) is 6.50. The molecule has 1 aromatic carbocycles. The van der Waals surface area contributed by atoms with Gasteiger partial charge in [-0.15, -0.1) is 10.2 Å². The first kappa shape index (κ1) is 11.4. The molecule has 1 aliphatic rings. The normalized spacial score (nSPS) is 16.9. The summed E-state index contributed by atoms with van der Waals surface area (Å²) in [4.78, 5) is 0. The van der Waals surface area contributed by atoms with E-state index < -0.39 is 0 Å². The Labute approximate surface area is 106 Å². The molecule has 2 heterocycles. The van der Waals surface area contributed by atoms with Crippen molar-refractivity contribution < 1.29 is 4.42 Å². The fourth-order valence-corrected chi connectivity index (χ4v) is 2.37. The van der Waals surface area contributed by atoms with Gasteiger partial charge in [0.2, 0.25) is 11.8 Å². The van der Waals surface area contributed by atoms with Crippen molar-refractivity contribution in [2.45, 2.75) is 19.3 Å². The van der Waals surface area contributed by atoms with Crippen LogP contribution in [-0.2, 0) is 6.42 Å². The third-order valence-corrected chi connectivity index (χ3v) is 3.41. The van der Waals surface area contributed by atoms with Crippen molar-refractivity contribution in [3.63, 3.8) is 0 Å². The van der Waals surface area contributed by atoms with Gasteiger partial charge < -0.3 is 9.73 Å². The van der Waals surface area contributed by atoms with Crippen LogP contribution >= 0.6 is 0 Å². The van der Waals surface area contributed by atoms with Gasteiger partial charge in [-0.1, -0.05) is 18.2 Å². The van der Waals surface area contributed by atoms with E-state index in [1.54, 1.807) is 0 Å². The molecular weight excluding hydrogens is 226 g/mol. The topological polar surface area (TPSA) is 51.0 Å². The minimum atomic E-state index is 0.625. The number of piperidine rings is 1. The zero-order chi connectivity index (χ0) is 12.2.